The highest BCUT2D eigenvalue weighted by atomic mass is 28.3. The zero-order valence-electron chi connectivity index (χ0n) is 44.6. The molecule has 386 valence electrons. The van der Waals surface area contributed by atoms with Crippen molar-refractivity contribution in [2.24, 2.45) is 41.4 Å². The Morgan fingerprint density at radius 1 is 0.712 bits per heavy atom. The molecule has 6 fully saturated rings. The van der Waals surface area contributed by atoms with Crippen LogP contribution in [-0.2, 0) is 52.1 Å². The third-order valence-corrected chi connectivity index (χ3v) is 20.4. The van der Waals surface area contributed by atoms with E-state index >= 15 is 0 Å². The number of rotatable bonds is 21. The van der Waals surface area contributed by atoms with E-state index in [1.54, 1.807) is 0 Å². The second-order valence-corrected chi connectivity index (χ2v) is 36.6. The summed E-state index contributed by atoms with van der Waals surface area (Å²) in [6.45, 7) is 36.5. The average molecular weight is 972 g/mol. The zero-order valence-corrected chi connectivity index (χ0v) is 46.6. The third kappa shape index (κ3) is 12.9. The summed E-state index contributed by atoms with van der Waals surface area (Å²) in [7, 11) is -0.637. The van der Waals surface area contributed by atoms with Gasteiger partial charge in [0.25, 0.3) is 0 Å². The minimum absolute atomic E-state index is 0.00126. The smallest absolute Gasteiger partial charge is 0.197 e. The fourth-order valence-electron chi connectivity index (χ4n) is 12.8. The summed E-state index contributed by atoms with van der Waals surface area (Å²) < 4.78 is 74.2. The molecule has 0 aromatic carbocycles. The number of ether oxygens (including phenoxy) is 11. The van der Waals surface area contributed by atoms with Crippen LogP contribution in [-0.4, -0.2) is 140 Å². The summed E-state index contributed by atoms with van der Waals surface area (Å²) in [5.41, 5.74) is -1.03. The number of aliphatic hydroxyl groups excluding tert-OH is 1. The molecule has 1 spiro atoms. The Morgan fingerprint density at radius 3 is 2.05 bits per heavy atom. The van der Waals surface area contributed by atoms with Crippen molar-refractivity contribution in [1.82, 2.24) is 0 Å². The van der Waals surface area contributed by atoms with Crippen LogP contribution in [0.1, 0.15) is 120 Å². The van der Waals surface area contributed by atoms with Crippen LogP contribution in [0.15, 0.2) is 0 Å². The van der Waals surface area contributed by atoms with Crippen LogP contribution in [0.2, 0.25) is 51.4 Å². The number of methoxy groups -OCH3 is 1. The molecule has 0 amide bonds. The predicted octanol–water partition coefficient (Wildman–Crippen LogP) is 10.3. The van der Waals surface area contributed by atoms with Gasteiger partial charge in [-0.25, -0.2) is 0 Å². The number of aliphatic hydroxyl groups is 1. The summed E-state index contributed by atoms with van der Waals surface area (Å²) in [5, 5.41) is 9.96. The van der Waals surface area contributed by atoms with E-state index in [2.05, 4.69) is 102 Å². The van der Waals surface area contributed by atoms with Gasteiger partial charge in [-0.3, -0.25) is 0 Å². The van der Waals surface area contributed by atoms with E-state index in [1.165, 1.54) is 0 Å². The van der Waals surface area contributed by atoms with E-state index in [9.17, 15) is 5.11 Å². The summed E-state index contributed by atoms with van der Waals surface area (Å²) >= 11 is 0. The summed E-state index contributed by atoms with van der Waals surface area (Å²) in [6, 6.07) is 2.17. The molecular formula is C52H98O12Si2. The Bertz CT molecular complexity index is 1510. The second kappa shape index (κ2) is 22.4. The number of hydrogen-bond acceptors (Lipinski definition) is 12. The van der Waals surface area contributed by atoms with Gasteiger partial charge in [0.2, 0.25) is 0 Å². The molecule has 14 heteroatoms. The molecule has 12 nitrogen and oxygen atoms in total. The van der Waals surface area contributed by atoms with Gasteiger partial charge in [-0.1, -0.05) is 87.7 Å². The quantitative estimate of drug-likeness (QED) is 0.0670. The molecule has 6 heterocycles. The molecule has 0 saturated carbocycles. The molecule has 0 radical (unpaired) electrons. The van der Waals surface area contributed by atoms with Crippen LogP contribution >= 0.6 is 0 Å². The van der Waals surface area contributed by atoms with Gasteiger partial charge < -0.3 is 57.2 Å². The first kappa shape index (κ1) is 55.3. The Balaban J connectivity index is 1.11. The Morgan fingerprint density at radius 2 is 1.39 bits per heavy atom. The first-order valence-corrected chi connectivity index (χ1v) is 33.8. The van der Waals surface area contributed by atoms with Crippen molar-refractivity contribution in [3.8, 4) is 0 Å². The van der Waals surface area contributed by atoms with Crippen LogP contribution in [0.25, 0.3) is 0 Å². The lowest BCUT2D eigenvalue weighted by molar-refractivity contribution is -0.364. The Labute approximate surface area is 403 Å². The first-order valence-electron chi connectivity index (χ1n) is 26.4. The van der Waals surface area contributed by atoms with Gasteiger partial charge in [0, 0.05) is 79.6 Å². The highest BCUT2D eigenvalue weighted by Crippen LogP contribution is 2.57. The van der Waals surface area contributed by atoms with Crippen molar-refractivity contribution in [2.45, 2.75) is 243 Å². The largest absolute Gasteiger partial charge is 0.396 e. The topological polar surface area (TPSA) is 122 Å². The average Bonchev–Trinajstić information content (AvgIpc) is 3.91. The molecule has 6 rings (SSSR count). The van der Waals surface area contributed by atoms with E-state index < -0.39 is 38.9 Å². The fourth-order valence-corrected chi connectivity index (χ4v) is 14.3. The first-order chi connectivity index (χ1) is 30.9. The van der Waals surface area contributed by atoms with Gasteiger partial charge in [0.1, 0.15) is 20.2 Å². The maximum atomic E-state index is 9.96. The number of hydrogen-bond donors (Lipinski definition) is 1. The van der Waals surface area contributed by atoms with Crippen molar-refractivity contribution < 1.29 is 57.2 Å². The van der Waals surface area contributed by atoms with E-state index in [0.717, 1.165) is 69.9 Å². The maximum Gasteiger partial charge on any atom is 0.197 e. The Kier molecular flexibility index (Phi) is 18.7. The van der Waals surface area contributed by atoms with Gasteiger partial charge in [-0.15, -0.1) is 0 Å². The monoisotopic (exact) mass is 971 g/mol. The van der Waals surface area contributed by atoms with E-state index in [0.29, 0.717) is 19.1 Å². The SMILES string of the molecule is CO[C@@H]1C[C@@H](C[C@H]2CC[C@H](C)[C@H]([C@@H](C)CO)O2)OC2(O[C@](C)([C@H]3CC[C@@](C)([C@@H]4O[C@@H]([C@H]5O[C@](COCOCC[Si](C)(C)C)(OCOCC[Si](C)(C)C)[C@H](C)C[C@@H]5C)C[C@@H]4C)O3)C[C@H]2C)[C@@H]1C. The van der Waals surface area contributed by atoms with E-state index in [1.807, 2.05) is 7.11 Å². The van der Waals surface area contributed by atoms with E-state index in [4.69, 9.17) is 52.1 Å². The third-order valence-electron chi connectivity index (χ3n) is 17.0. The molecule has 1 N–H and O–H groups in total. The van der Waals surface area contributed by atoms with Crippen molar-refractivity contribution in [1.29, 1.82) is 0 Å². The summed E-state index contributed by atoms with van der Waals surface area (Å²) in [4.78, 5) is 0. The minimum Gasteiger partial charge on any atom is -0.396 e. The van der Waals surface area contributed by atoms with Crippen molar-refractivity contribution >= 4 is 16.1 Å². The van der Waals surface area contributed by atoms with Gasteiger partial charge >= 0.3 is 0 Å². The molecule has 0 aromatic heterocycles. The maximum absolute atomic E-state index is 9.96. The van der Waals surface area contributed by atoms with Gasteiger partial charge in [0.05, 0.1) is 60.0 Å². The van der Waals surface area contributed by atoms with Crippen molar-refractivity contribution in [2.75, 3.05) is 47.1 Å². The zero-order chi connectivity index (χ0) is 48.5. The summed E-state index contributed by atoms with van der Waals surface area (Å²) in [5.74, 6) is -0.465. The molecule has 6 aliphatic heterocycles. The second-order valence-electron chi connectivity index (χ2n) is 25.4. The molecule has 0 aromatic rings. The highest BCUT2D eigenvalue weighted by molar-refractivity contribution is 6.76. The molecule has 66 heavy (non-hydrogen) atoms. The molecule has 19 atom stereocenters. The lowest BCUT2D eigenvalue weighted by Gasteiger charge is -2.50. The Hall–Kier alpha value is -0.0462. The predicted molar refractivity (Wildman–Crippen MR) is 264 cm³/mol. The molecule has 0 aliphatic carbocycles. The van der Waals surface area contributed by atoms with Gasteiger partial charge in [-0.05, 0) is 88.6 Å². The molecule has 6 aliphatic rings. The van der Waals surface area contributed by atoms with Crippen LogP contribution in [0.3, 0.4) is 0 Å². The molecule has 6 saturated heterocycles. The summed E-state index contributed by atoms with van der Waals surface area (Å²) in [6.07, 6.45) is 7.66. The fraction of sp³-hybridized carbons (Fsp3) is 1.00. The minimum atomic E-state index is -1.25. The molecule has 0 bridgehead atoms. The standard InChI is InChI=1S/C52H98O12Si2/c1-34-17-18-41(59-46(34)37(4)30-53)27-42-28-43(54-10)40(7)52(61-42)39(6)29-50(9,64-52)45-19-20-49(8,62-45)48-36(3)26-44(60-48)47-35(2)25-38(5)51(63-47,58-33-56-22-24-66(14,15)16)31-57-32-55-21-23-65(11,12)13/h34-48,53H,17-33H2,1-16H3/t34-,35-,36-,37-,38+,39+,40+,41+,42+,43+,44+,45+,46+,47-,48+,49-,50-,51-,52?/m0/s1. The lowest BCUT2D eigenvalue weighted by Crippen LogP contribution is -2.58. The van der Waals surface area contributed by atoms with Crippen molar-refractivity contribution in [3.63, 3.8) is 0 Å². The van der Waals surface area contributed by atoms with Crippen LogP contribution in [0.5, 0.6) is 0 Å². The van der Waals surface area contributed by atoms with Crippen molar-refractivity contribution in [3.05, 3.63) is 0 Å². The molecule has 1 unspecified atom stereocenters. The lowest BCUT2D eigenvalue weighted by atomic mass is 9.78. The van der Waals surface area contributed by atoms with Crippen LogP contribution < -0.4 is 0 Å². The highest BCUT2D eigenvalue weighted by Gasteiger charge is 2.65. The normalized spacial score (nSPS) is 45.2. The van der Waals surface area contributed by atoms with Gasteiger partial charge in [0.15, 0.2) is 11.6 Å². The van der Waals surface area contributed by atoms with Crippen LogP contribution in [0.4, 0.5) is 0 Å². The molecular weight excluding hydrogens is 873 g/mol. The van der Waals surface area contributed by atoms with Gasteiger partial charge in [-0.2, -0.15) is 0 Å². The van der Waals surface area contributed by atoms with Crippen LogP contribution in [0, 0.1) is 41.4 Å². The van der Waals surface area contributed by atoms with E-state index in [-0.39, 0.29) is 111 Å².